The van der Waals surface area contributed by atoms with Gasteiger partial charge in [-0.25, -0.2) is 0 Å². The fraction of sp³-hybridized carbons (Fsp3) is 0.381. The van der Waals surface area contributed by atoms with Crippen LogP contribution in [0.5, 0.6) is 5.75 Å². The van der Waals surface area contributed by atoms with Crippen LogP contribution in [0, 0.1) is 0 Å². The minimum Gasteiger partial charge on any atom is -0.496 e. The minimum atomic E-state index is -4.54. The summed E-state index contributed by atoms with van der Waals surface area (Å²) in [5, 5.41) is 2.95. The lowest BCUT2D eigenvalue weighted by atomic mass is 9.97. The van der Waals surface area contributed by atoms with E-state index in [0.717, 1.165) is 11.8 Å². The summed E-state index contributed by atoms with van der Waals surface area (Å²) >= 11 is 0. The summed E-state index contributed by atoms with van der Waals surface area (Å²) in [6.07, 6.45) is -4.54. The maximum Gasteiger partial charge on any atom is 0.420 e. The maximum atomic E-state index is 13.4. The minimum absolute atomic E-state index is 0.161. The Morgan fingerprint density at radius 1 is 1.17 bits per heavy atom. The van der Waals surface area contributed by atoms with E-state index in [4.69, 9.17) is 4.74 Å². The molecule has 1 aliphatic rings. The molecule has 1 heterocycles. The Balaban J connectivity index is 1.96. The molecule has 0 fully saturated rings. The number of hydrogen-bond acceptors (Lipinski definition) is 4. The molecule has 1 aliphatic heterocycles. The Labute approximate surface area is 168 Å². The summed E-state index contributed by atoms with van der Waals surface area (Å²) in [4.78, 5) is 17.1. The fourth-order valence-corrected chi connectivity index (χ4v) is 3.43. The molecule has 0 saturated heterocycles. The Bertz CT molecular complexity index is 869. The normalized spacial score (nSPS) is 15.8. The van der Waals surface area contributed by atoms with Crippen molar-refractivity contribution in [2.24, 2.45) is 0 Å². The second kappa shape index (κ2) is 8.32. The van der Waals surface area contributed by atoms with Crippen LogP contribution in [0.2, 0.25) is 0 Å². The summed E-state index contributed by atoms with van der Waals surface area (Å²) in [5.74, 6) is -1.04. The van der Waals surface area contributed by atoms with Gasteiger partial charge in [0.2, 0.25) is 5.91 Å². The van der Waals surface area contributed by atoms with E-state index >= 15 is 0 Å². The van der Waals surface area contributed by atoms with Gasteiger partial charge in [-0.05, 0) is 43.9 Å². The first kappa shape index (κ1) is 21.0. The van der Waals surface area contributed by atoms with E-state index < -0.39 is 17.7 Å². The average Bonchev–Trinajstić information content (AvgIpc) is 3.09. The zero-order valence-corrected chi connectivity index (χ0v) is 16.6. The predicted octanol–water partition coefficient (Wildman–Crippen LogP) is 3.82. The van der Waals surface area contributed by atoms with Crippen LogP contribution in [0.3, 0.4) is 0 Å². The van der Waals surface area contributed by atoms with Gasteiger partial charge in [0.25, 0.3) is 0 Å². The quantitative estimate of drug-likeness (QED) is 0.791. The van der Waals surface area contributed by atoms with E-state index in [1.165, 1.54) is 13.2 Å². The van der Waals surface area contributed by atoms with Gasteiger partial charge in [0.15, 0.2) is 0 Å². The molecule has 3 rings (SSSR count). The van der Waals surface area contributed by atoms with Crippen molar-refractivity contribution in [1.82, 2.24) is 4.90 Å². The molecule has 0 radical (unpaired) electrons. The molecule has 1 atom stereocenters. The summed E-state index contributed by atoms with van der Waals surface area (Å²) < 4.78 is 44.9. The van der Waals surface area contributed by atoms with Crippen LogP contribution in [0.25, 0.3) is 0 Å². The number of carbonyl (C=O) groups excluding carboxylic acids is 1. The lowest BCUT2D eigenvalue weighted by molar-refractivity contribution is -0.138. The highest BCUT2D eigenvalue weighted by Gasteiger charge is 2.39. The predicted molar refractivity (Wildman–Crippen MR) is 107 cm³/mol. The van der Waals surface area contributed by atoms with Gasteiger partial charge in [-0.1, -0.05) is 18.2 Å². The van der Waals surface area contributed by atoms with Crippen molar-refractivity contribution in [3.8, 4) is 5.75 Å². The molecule has 0 saturated carbocycles. The molecule has 0 aromatic heterocycles. The molecule has 1 unspecified atom stereocenters. The smallest absolute Gasteiger partial charge is 0.420 e. The van der Waals surface area contributed by atoms with Gasteiger partial charge in [0.05, 0.1) is 18.6 Å². The van der Waals surface area contributed by atoms with Crippen molar-refractivity contribution in [2.75, 3.05) is 51.1 Å². The number of carbonyl (C=O) groups is 1. The fourth-order valence-electron chi connectivity index (χ4n) is 3.43. The average molecular weight is 407 g/mol. The first-order valence-electron chi connectivity index (χ1n) is 9.26. The number of para-hydroxylation sites is 1. The molecule has 156 valence electrons. The highest BCUT2D eigenvalue weighted by molar-refractivity contribution is 6.00. The number of hydrogen-bond donors (Lipinski definition) is 1. The zero-order chi connectivity index (χ0) is 21.2. The Kier molecular flexibility index (Phi) is 6.02. The van der Waals surface area contributed by atoms with Crippen LogP contribution in [0.1, 0.15) is 17.0 Å². The van der Waals surface area contributed by atoms with Gasteiger partial charge < -0.3 is 19.9 Å². The summed E-state index contributed by atoms with van der Waals surface area (Å²) in [7, 11) is 5.04. The van der Waals surface area contributed by atoms with Gasteiger partial charge in [-0.3, -0.25) is 4.79 Å². The molecule has 29 heavy (non-hydrogen) atoms. The second-order valence-electron chi connectivity index (χ2n) is 7.20. The van der Waals surface area contributed by atoms with Crippen molar-refractivity contribution in [3.05, 3.63) is 53.6 Å². The Morgan fingerprint density at radius 3 is 2.45 bits per heavy atom. The number of ether oxygens (including phenoxy) is 1. The third-order valence-corrected chi connectivity index (χ3v) is 4.95. The van der Waals surface area contributed by atoms with Gasteiger partial charge in [0.1, 0.15) is 5.75 Å². The first-order chi connectivity index (χ1) is 13.7. The maximum absolute atomic E-state index is 13.4. The van der Waals surface area contributed by atoms with Crippen molar-refractivity contribution in [1.29, 1.82) is 0 Å². The van der Waals surface area contributed by atoms with Crippen LogP contribution in [-0.2, 0) is 11.0 Å². The molecule has 0 bridgehead atoms. The number of methoxy groups -OCH3 is 1. The molecule has 5 nitrogen and oxygen atoms in total. The number of amides is 1. The number of nitrogens with one attached hydrogen (secondary N) is 1. The standard InChI is InChI=1S/C21H24F3N3O2/c1-26(2)9-10-27(14-7-5-4-6-8-14)20(28)16-13-25-18-12-17(21(22,23)24)19(29-3)11-15(16)18/h4-8,11-12,16,25H,9-10,13H2,1-3H3. The van der Waals surface area contributed by atoms with Crippen LogP contribution in [0.4, 0.5) is 24.5 Å². The highest BCUT2D eigenvalue weighted by atomic mass is 19.4. The van der Waals surface area contributed by atoms with Gasteiger partial charge >= 0.3 is 6.18 Å². The number of fused-ring (bicyclic) bond motifs is 1. The number of rotatable bonds is 6. The molecule has 0 spiro atoms. The van der Waals surface area contributed by atoms with E-state index in [1.807, 2.05) is 49.3 Å². The zero-order valence-electron chi connectivity index (χ0n) is 16.6. The summed E-state index contributed by atoms with van der Waals surface area (Å²) in [6.45, 7) is 1.37. The van der Waals surface area contributed by atoms with Crippen LogP contribution in [0.15, 0.2) is 42.5 Å². The largest absolute Gasteiger partial charge is 0.496 e. The third kappa shape index (κ3) is 4.48. The molecule has 8 heteroatoms. The highest BCUT2D eigenvalue weighted by Crippen LogP contribution is 2.43. The van der Waals surface area contributed by atoms with Crippen molar-refractivity contribution < 1.29 is 22.7 Å². The molecular weight excluding hydrogens is 383 g/mol. The third-order valence-electron chi connectivity index (χ3n) is 4.95. The number of anilines is 2. The van der Waals surface area contributed by atoms with E-state index in [0.29, 0.717) is 24.3 Å². The van der Waals surface area contributed by atoms with Crippen LogP contribution >= 0.6 is 0 Å². The molecule has 1 amide bonds. The van der Waals surface area contributed by atoms with E-state index in [9.17, 15) is 18.0 Å². The Hall–Kier alpha value is -2.74. The lowest BCUT2D eigenvalue weighted by Crippen LogP contribution is -2.40. The van der Waals surface area contributed by atoms with Gasteiger partial charge in [-0.15, -0.1) is 0 Å². The van der Waals surface area contributed by atoms with Crippen LogP contribution in [-0.4, -0.2) is 51.6 Å². The number of likely N-dealkylation sites (N-methyl/N-ethyl adjacent to an activating group) is 1. The lowest BCUT2D eigenvalue weighted by Gasteiger charge is -2.27. The van der Waals surface area contributed by atoms with Gasteiger partial charge in [-0.2, -0.15) is 13.2 Å². The monoisotopic (exact) mass is 407 g/mol. The second-order valence-corrected chi connectivity index (χ2v) is 7.20. The summed E-state index contributed by atoms with van der Waals surface area (Å²) in [6, 6.07) is 11.6. The number of alkyl halides is 3. The van der Waals surface area contributed by atoms with Crippen LogP contribution < -0.4 is 15.0 Å². The molecule has 2 aromatic carbocycles. The molecule has 2 aromatic rings. The van der Waals surface area contributed by atoms with E-state index in [2.05, 4.69) is 5.32 Å². The van der Waals surface area contributed by atoms with E-state index in [1.54, 1.807) is 4.90 Å². The SMILES string of the molecule is COc1cc2c(cc1C(F)(F)F)NCC2C(=O)N(CCN(C)C)c1ccccc1. The number of benzene rings is 2. The molecule has 0 aliphatic carbocycles. The molecular formula is C21H24F3N3O2. The molecule has 1 N–H and O–H groups in total. The van der Waals surface area contributed by atoms with Gasteiger partial charge in [0, 0.05) is 31.0 Å². The number of nitrogens with zero attached hydrogens (tertiary/aromatic N) is 2. The number of halogens is 3. The topological polar surface area (TPSA) is 44.8 Å². The van der Waals surface area contributed by atoms with Crippen molar-refractivity contribution in [3.63, 3.8) is 0 Å². The first-order valence-corrected chi connectivity index (χ1v) is 9.26. The van der Waals surface area contributed by atoms with E-state index in [-0.39, 0.29) is 18.2 Å². The Morgan fingerprint density at radius 2 is 1.86 bits per heavy atom. The summed E-state index contributed by atoms with van der Waals surface area (Å²) in [5.41, 5.74) is 0.737. The van der Waals surface area contributed by atoms with Crippen molar-refractivity contribution >= 4 is 17.3 Å². The van der Waals surface area contributed by atoms with Crippen molar-refractivity contribution in [2.45, 2.75) is 12.1 Å².